The second-order valence-electron chi connectivity index (χ2n) is 5.92. The standard InChI is InChI=1S/C19H16FN3/c1-19(13-20,23-18-12-5-4-11-17(18)21-22-23)16-10-6-8-14-7-2-3-9-15(14)16/h2-12H,13H2,1H3. The molecule has 4 rings (SSSR count). The first-order valence-electron chi connectivity index (χ1n) is 7.59. The molecule has 4 aromatic rings. The normalized spacial score (nSPS) is 14.2. The van der Waals surface area contributed by atoms with E-state index in [2.05, 4.69) is 10.3 Å². The summed E-state index contributed by atoms with van der Waals surface area (Å²) >= 11 is 0. The van der Waals surface area contributed by atoms with Crippen LogP contribution in [0.1, 0.15) is 12.5 Å². The van der Waals surface area contributed by atoms with Crippen LogP contribution < -0.4 is 0 Å². The SMILES string of the molecule is CC(CF)(c1cccc2ccccc12)n1nnc2ccccc21. The molecule has 0 radical (unpaired) electrons. The molecular formula is C19H16FN3. The molecule has 0 aliphatic heterocycles. The van der Waals surface area contributed by atoms with Gasteiger partial charge < -0.3 is 0 Å². The minimum atomic E-state index is -0.906. The van der Waals surface area contributed by atoms with E-state index in [1.54, 1.807) is 4.68 Å². The molecule has 0 saturated heterocycles. The van der Waals surface area contributed by atoms with E-state index in [4.69, 9.17) is 0 Å². The van der Waals surface area contributed by atoms with Crippen molar-refractivity contribution in [1.82, 2.24) is 15.0 Å². The first kappa shape index (κ1) is 13.9. The van der Waals surface area contributed by atoms with Crippen molar-refractivity contribution in [3.8, 4) is 0 Å². The van der Waals surface area contributed by atoms with E-state index in [1.165, 1.54) is 0 Å². The zero-order chi connectivity index (χ0) is 15.9. The molecule has 0 aliphatic rings. The third-order valence-electron chi connectivity index (χ3n) is 4.45. The van der Waals surface area contributed by atoms with E-state index in [0.717, 1.165) is 27.4 Å². The van der Waals surface area contributed by atoms with Gasteiger partial charge in [-0.1, -0.05) is 59.8 Å². The van der Waals surface area contributed by atoms with Gasteiger partial charge in [0.1, 0.15) is 17.7 Å². The van der Waals surface area contributed by atoms with Crippen LogP contribution in [0.15, 0.2) is 66.7 Å². The number of alkyl halides is 1. The van der Waals surface area contributed by atoms with Gasteiger partial charge in [0.05, 0.1) is 5.52 Å². The van der Waals surface area contributed by atoms with Crippen LogP contribution in [0.3, 0.4) is 0 Å². The predicted molar refractivity (Wildman–Crippen MR) is 90.2 cm³/mol. The van der Waals surface area contributed by atoms with Gasteiger partial charge in [-0.05, 0) is 35.4 Å². The van der Waals surface area contributed by atoms with E-state index in [1.807, 2.05) is 73.7 Å². The van der Waals surface area contributed by atoms with E-state index in [-0.39, 0.29) is 0 Å². The summed E-state index contributed by atoms with van der Waals surface area (Å²) in [7, 11) is 0. The molecule has 0 bridgehead atoms. The largest absolute Gasteiger partial charge is 0.248 e. The molecule has 4 heteroatoms. The Morgan fingerprint density at radius 1 is 0.957 bits per heavy atom. The summed E-state index contributed by atoms with van der Waals surface area (Å²) in [6.07, 6.45) is 0. The minimum absolute atomic E-state index is 0.561. The maximum Gasteiger partial charge on any atom is 0.119 e. The maximum absolute atomic E-state index is 14.3. The predicted octanol–water partition coefficient (Wildman–Crippen LogP) is 4.32. The van der Waals surface area contributed by atoms with E-state index in [0.29, 0.717) is 0 Å². The molecule has 1 atom stereocenters. The van der Waals surface area contributed by atoms with Gasteiger partial charge in [-0.15, -0.1) is 5.10 Å². The quantitative estimate of drug-likeness (QED) is 0.564. The Kier molecular flexibility index (Phi) is 3.11. The molecule has 3 aromatic carbocycles. The third kappa shape index (κ3) is 2.02. The zero-order valence-corrected chi connectivity index (χ0v) is 12.8. The Hall–Kier alpha value is -2.75. The lowest BCUT2D eigenvalue weighted by molar-refractivity contribution is 0.266. The highest BCUT2D eigenvalue weighted by Crippen LogP contribution is 2.34. The van der Waals surface area contributed by atoms with Gasteiger partial charge in [-0.3, -0.25) is 0 Å². The van der Waals surface area contributed by atoms with Gasteiger partial charge in [0.15, 0.2) is 0 Å². The van der Waals surface area contributed by atoms with Crippen molar-refractivity contribution in [1.29, 1.82) is 0 Å². The number of nitrogens with zero attached hydrogens (tertiary/aromatic N) is 3. The van der Waals surface area contributed by atoms with Crippen LogP contribution in [0.4, 0.5) is 4.39 Å². The molecule has 0 N–H and O–H groups in total. The number of para-hydroxylation sites is 1. The lowest BCUT2D eigenvalue weighted by atomic mass is 9.88. The second-order valence-corrected chi connectivity index (χ2v) is 5.92. The topological polar surface area (TPSA) is 30.7 Å². The number of aromatic nitrogens is 3. The zero-order valence-electron chi connectivity index (χ0n) is 12.8. The highest BCUT2D eigenvalue weighted by atomic mass is 19.1. The maximum atomic E-state index is 14.3. The Labute approximate surface area is 133 Å². The van der Waals surface area contributed by atoms with Crippen LogP contribution in [0.25, 0.3) is 21.8 Å². The third-order valence-corrected chi connectivity index (χ3v) is 4.45. The Balaban J connectivity index is 2.03. The fraction of sp³-hybridized carbons (Fsp3) is 0.158. The van der Waals surface area contributed by atoms with Gasteiger partial charge >= 0.3 is 0 Å². The Morgan fingerprint density at radius 2 is 1.70 bits per heavy atom. The summed E-state index contributed by atoms with van der Waals surface area (Å²) in [6.45, 7) is 1.31. The number of hydrogen-bond donors (Lipinski definition) is 0. The van der Waals surface area contributed by atoms with Crippen molar-refractivity contribution < 1.29 is 4.39 Å². The summed E-state index contributed by atoms with van der Waals surface area (Å²) in [4.78, 5) is 0. The lowest BCUT2D eigenvalue weighted by Gasteiger charge is -2.29. The number of hydrogen-bond acceptors (Lipinski definition) is 2. The van der Waals surface area contributed by atoms with Crippen molar-refractivity contribution in [2.24, 2.45) is 0 Å². The van der Waals surface area contributed by atoms with Crippen LogP contribution in [-0.4, -0.2) is 21.7 Å². The number of halogens is 1. The van der Waals surface area contributed by atoms with E-state index >= 15 is 0 Å². The fourth-order valence-electron chi connectivity index (χ4n) is 3.17. The highest BCUT2D eigenvalue weighted by Gasteiger charge is 2.33. The molecule has 1 aromatic heterocycles. The molecule has 114 valence electrons. The molecule has 23 heavy (non-hydrogen) atoms. The van der Waals surface area contributed by atoms with Crippen LogP contribution >= 0.6 is 0 Å². The summed E-state index contributed by atoms with van der Waals surface area (Å²) in [5.41, 5.74) is 1.61. The smallest absolute Gasteiger partial charge is 0.119 e. The highest BCUT2D eigenvalue weighted by molar-refractivity contribution is 5.87. The summed E-state index contributed by atoms with van der Waals surface area (Å²) in [6, 6.07) is 21.6. The average Bonchev–Trinajstić information content (AvgIpc) is 3.05. The summed E-state index contributed by atoms with van der Waals surface area (Å²) in [5.74, 6) is 0. The lowest BCUT2D eigenvalue weighted by Crippen LogP contribution is -2.35. The fourth-order valence-corrected chi connectivity index (χ4v) is 3.17. The van der Waals surface area contributed by atoms with Gasteiger partial charge in [0.25, 0.3) is 0 Å². The molecule has 0 saturated carbocycles. The first-order chi connectivity index (χ1) is 11.2. The van der Waals surface area contributed by atoms with Crippen LogP contribution in [0.2, 0.25) is 0 Å². The molecule has 1 heterocycles. The monoisotopic (exact) mass is 305 g/mol. The van der Waals surface area contributed by atoms with Crippen LogP contribution in [0, 0.1) is 0 Å². The van der Waals surface area contributed by atoms with Gasteiger partial charge in [-0.2, -0.15) is 0 Å². The van der Waals surface area contributed by atoms with Crippen molar-refractivity contribution in [3.05, 3.63) is 72.3 Å². The summed E-state index contributed by atoms with van der Waals surface area (Å²) < 4.78 is 16.0. The number of fused-ring (bicyclic) bond motifs is 2. The van der Waals surface area contributed by atoms with Crippen molar-refractivity contribution in [2.45, 2.75) is 12.5 Å². The molecular weight excluding hydrogens is 289 g/mol. The average molecular weight is 305 g/mol. The van der Waals surface area contributed by atoms with Gasteiger partial charge in [0.2, 0.25) is 0 Å². The molecule has 0 amide bonds. The van der Waals surface area contributed by atoms with Crippen molar-refractivity contribution in [3.63, 3.8) is 0 Å². The number of rotatable bonds is 3. The van der Waals surface area contributed by atoms with Gasteiger partial charge in [-0.25, -0.2) is 9.07 Å². The van der Waals surface area contributed by atoms with Crippen molar-refractivity contribution >= 4 is 21.8 Å². The molecule has 0 spiro atoms. The second kappa shape index (κ2) is 5.16. The van der Waals surface area contributed by atoms with E-state index < -0.39 is 12.2 Å². The molecule has 0 fully saturated rings. The Bertz CT molecular complexity index is 987. The van der Waals surface area contributed by atoms with E-state index in [9.17, 15) is 4.39 Å². The molecule has 1 unspecified atom stereocenters. The van der Waals surface area contributed by atoms with Crippen LogP contribution in [-0.2, 0) is 5.54 Å². The van der Waals surface area contributed by atoms with Gasteiger partial charge in [0, 0.05) is 0 Å². The van der Waals surface area contributed by atoms with Crippen LogP contribution in [0.5, 0.6) is 0 Å². The molecule has 3 nitrogen and oxygen atoms in total. The minimum Gasteiger partial charge on any atom is -0.248 e. The van der Waals surface area contributed by atoms with Crippen molar-refractivity contribution in [2.75, 3.05) is 6.67 Å². The molecule has 0 aliphatic carbocycles. The first-order valence-corrected chi connectivity index (χ1v) is 7.59. The summed E-state index contributed by atoms with van der Waals surface area (Å²) in [5, 5.41) is 10.6. The Morgan fingerprint density at radius 3 is 2.57 bits per heavy atom. The number of benzene rings is 3.